The van der Waals surface area contributed by atoms with Gasteiger partial charge in [-0.25, -0.2) is 0 Å². The molecule has 2 amide bonds. The van der Waals surface area contributed by atoms with Crippen molar-refractivity contribution < 1.29 is 14.7 Å². The second-order valence-electron chi connectivity index (χ2n) is 6.08. The van der Waals surface area contributed by atoms with Crippen LogP contribution in [0.1, 0.15) is 44.9 Å². The molecule has 0 aliphatic heterocycles. The number of hydrogen-bond acceptors (Lipinski definition) is 3. The molecule has 0 saturated carbocycles. The molecule has 0 saturated heterocycles. The summed E-state index contributed by atoms with van der Waals surface area (Å²) in [6.45, 7) is 9.20. The summed E-state index contributed by atoms with van der Waals surface area (Å²) in [7, 11) is 0. The maximum atomic E-state index is 12.6. The first kappa shape index (κ1) is 18.2. The minimum Gasteiger partial charge on any atom is -0.387 e. The Balaban J connectivity index is 2.81. The summed E-state index contributed by atoms with van der Waals surface area (Å²) in [6.07, 6.45) is -0.752. The quantitative estimate of drug-likeness (QED) is 0.842. The van der Waals surface area contributed by atoms with Gasteiger partial charge in [-0.15, -0.1) is 0 Å². The van der Waals surface area contributed by atoms with Crippen LogP contribution in [0.25, 0.3) is 0 Å². The molecule has 1 aromatic rings. The Bertz CT molecular complexity index is 523. The standard InChI is InChI=1S/C17H26N2O3/c1-6-19(16(22)17(4,5)18-13(3)20)11-15(21)14-9-7-12(2)8-10-14/h7-10,15,21H,6,11H2,1-5H3,(H,18,20). The van der Waals surface area contributed by atoms with Gasteiger partial charge in [0, 0.05) is 13.5 Å². The highest BCUT2D eigenvalue weighted by molar-refractivity contribution is 5.90. The second kappa shape index (κ2) is 7.40. The smallest absolute Gasteiger partial charge is 0.247 e. The van der Waals surface area contributed by atoms with E-state index in [4.69, 9.17) is 0 Å². The molecule has 0 heterocycles. The Morgan fingerprint density at radius 3 is 2.27 bits per heavy atom. The molecule has 1 rings (SSSR count). The third kappa shape index (κ3) is 4.84. The van der Waals surface area contributed by atoms with Crippen LogP contribution in [-0.4, -0.2) is 40.4 Å². The number of nitrogens with one attached hydrogen (secondary N) is 1. The zero-order chi connectivity index (χ0) is 16.9. The van der Waals surface area contributed by atoms with Crippen LogP contribution in [-0.2, 0) is 9.59 Å². The second-order valence-corrected chi connectivity index (χ2v) is 6.08. The number of carbonyl (C=O) groups is 2. The molecule has 0 bridgehead atoms. The summed E-state index contributed by atoms with van der Waals surface area (Å²) in [5.41, 5.74) is 0.898. The first-order chi connectivity index (χ1) is 10.2. The number of nitrogens with zero attached hydrogens (tertiary/aromatic N) is 1. The maximum absolute atomic E-state index is 12.6. The van der Waals surface area contributed by atoms with E-state index in [1.54, 1.807) is 18.7 Å². The largest absolute Gasteiger partial charge is 0.387 e. The minimum absolute atomic E-state index is 0.196. The van der Waals surface area contributed by atoms with Gasteiger partial charge < -0.3 is 15.3 Å². The number of hydrogen-bond donors (Lipinski definition) is 2. The molecule has 5 nitrogen and oxygen atoms in total. The Morgan fingerprint density at radius 1 is 1.27 bits per heavy atom. The van der Waals surface area contributed by atoms with Gasteiger partial charge in [0.05, 0.1) is 12.6 Å². The van der Waals surface area contributed by atoms with E-state index in [1.165, 1.54) is 6.92 Å². The fourth-order valence-electron chi connectivity index (χ4n) is 2.35. The molecule has 0 aliphatic rings. The average Bonchev–Trinajstić information content (AvgIpc) is 2.43. The molecule has 2 N–H and O–H groups in total. The van der Waals surface area contributed by atoms with Crippen molar-refractivity contribution in [1.29, 1.82) is 0 Å². The van der Waals surface area contributed by atoms with Crippen LogP contribution < -0.4 is 5.32 Å². The lowest BCUT2D eigenvalue weighted by Gasteiger charge is -2.33. The van der Waals surface area contributed by atoms with Gasteiger partial charge >= 0.3 is 0 Å². The first-order valence-electron chi connectivity index (χ1n) is 7.50. The predicted octanol–water partition coefficient (Wildman–Crippen LogP) is 1.79. The summed E-state index contributed by atoms with van der Waals surface area (Å²) >= 11 is 0. The summed E-state index contributed by atoms with van der Waals surface area (Å²) in [6, 6.07) is 7.57. The SMILES string of the molecule is CCN(CC(O)c1ccc(C)cc1)C(=O)C(C)(C)NC(C)=O. The van der Waals surface area contributed by atoms with E-state index in [2.05, 4.69) is 5.32 Å². The van der Waals surface area contributed by atoms with E-state index in [-0.39, 0.29) is 18.4 Å². The molecular formula is C17H26N2O3. The highest BCUT2D eigenvalue weighted by atomic mass is 16.3. The van der Waals surface area contributed by atoms with E-state index >= 15 is 0 Å². The van der Waals surface area contributed by atoms with Crippen LogP contribution >= 0.6 is 0 Å². The van der Waals surface area contributed by atoms with E-state index < -0.39 is 11.6 Å². The molecule has 0 aliphatic carbocycles. The van der Waals surface area contributed by atoms with Crippen molar-refractivity contribution >= 4 is 11.8 Å². The molecule has 22 heavy (non-hydrogen) atoms. The Kier molecular flexibility index (Phi) is 6.11. The van der Waals surface area contributed by atoms with Gasteiger partial charge in [-0.05, 0) is 33.3 Å². The summed E-state index contributed by atoms with van der Waals surface area (Å²) < 4.78 is 0. The Hall–Kier alpha value is -1.88. The first-order valence-corrected chi connectivity index (χ1v) is 7.50. The van der Waals surface area contributed by atoms with Crippen molar-refractivity contribution in [1.82, 2.24) is 10.2 Å². The molecule has 0 spiro atoms. The van der Waals surface area contributed by atoms with Crippen molar-refractivity contribution in [2.24, 2.45) is 0 Å². The number of aliphatic hydroxyl groups is 1. The summed E-state index contributed by atoms with van der Waals surface area (Å²) in [4.78, 5) is 25.3. The van der Waals surface area contributed by atoms with Gasteiger partial charge in [0.1, 0.15) is 5.54 Å². The van der Waals surface area contributed by atoms with E-state index in [0.29, 0.717) is 6.54 Å². The van der Waals surface area contributed by atoms with Crippen molar-refractivity contribution in [2.45, 2.75) is 46.3 Å². The predicted molar refractivity (Wildman–Crippen MR) is 86.3 cm³/mol. The lowest BCUT2D eigenvalue weighted by atomic mass is 10.0. The van der Waals surface area contributed by atoms with Crippen LogP contribution in [0.2, 0.25) is 0 Å². The van der Waals surface area contributed by atoms with Crippen molar-refractivity contribution in [2.75, 3.05) is 13.1 Å². The Labute approximate surface area is 132 Å². The van der Waals surface area contributed by atoms with Crippen molar-refractivity contribution in [3.8, 4) is 0 Å². The van der Waals surface area contributed by atoms with E-state index in [1.807, 2.05) is 38.1 Å². The van der Waals surface area contributed by atoms with Crippen molar-refractivity contribution in [3.63, 3.8) is 0 Å². The lowest BCUT2D eigenvalue weighted by Crippen LogP contribution is -2.56. The van der Waals surface area contributed by atoms with Crippen molar-refractivity contribution in [3.05, 3.63) is 35.4 Å². The van der Waals surface area contributed by atoms with Gasteiger partial charge in [-0.2, -0.15) is 0 Å². The third-order valence-electron chi connectivity index (χ3n) is 3.55. The van der Waals surface area contributed by atoms with E-state index in [0.717, 1.165) is 11.1 Å². The number of benzene rings is 1. The normalized spacial score (nSPS) is 12.6. The zero-order valence-electron chi connectivity index (χ0n) is 14.0. The van der Waals surface area contributed by atoms with Gasteiger partial charge in [-0.3, -0.25) is 9.59 Å². The molecule has 1 unspecified atom stereocenters. The summed E-state index contributed by atoms with van der Waals surface area (Å²) in [5.74, 6) is -0.468. The number of aliphatic hydroxyl groups excluding tert-OH is 1. The monoisotopic (exact) mass is 306 g/mol. The topological polar surface area (TPSA) is 69.6 Å². The summed E-state index contributed by atoms with van der Waals surface area (Å²) in [5, 5.41) is 13.0. The molecule has 1 aromatic carbocycles. The van der Waals surface area contributed by atoms with E-state index in [9.17, 15) is 14.7 Å². The Morgan fingerprint density at radius 2 is 1.82 bits per heavy atom. The molecular weight excluding hydrogens is 280 g/mol. The van der Waals surface area contributed by atoms with Crippen LogP contribution in [0.3, 0.4) is 0 Å². The highest BCUT2D eigenvalue weighted by Gasteiger charge is 2.33. The van der Waals surface area contributed by atoms with Crippen LogP contribution in [0, 0.1) is 6.92 Å². The van der Waals surface area contributed by atoms with Gasteiger partial charge in [0.15, 0.2) is 0 Å². The van der Waals surface area contributed by atoms with Crippen LogP contribution in [0.5, 0.6) is 0 Å². The molecule has 1 atom stereocenters. The van der Waals surface area contributed by atoms with Gasteiger partial charge in [0.25, 0.3) is 0 Å². The van der Waals surface area contributed by atoms with Gasteiger partial charge in [0.2, 0.25) is 11.8 Å². The molecule has 122 valence electrons. The molecule has 0 radical (unpaired) electrons. The zero-order valence-corrected chi connectivity index (χ0v) is 14.0. The minimum atomic E-state index is -0.991. The maximum Gasteiger partial charge on any atom is 0.247 e. The number of aryl methyl sites for hydroxylation is 1. The van der Waals surface area contributed by atoms with Crippen LogP contribution in [0.4, 0.5) is 0 Å². The van der Waals surface area contributed by atoms with Crippen LogP contribution in [0.15, 0.2) is 24.3 Å². The number of likely N-dealkylation sites (N-methyl/N-ethyl adjacent to an activating group) is 1. The number of carbonyl (C=O) groups excluding carboxylic acids is 2. The fraction of sp³-hybridized carbons (Fsp3) is 0.529. The molecule has 0 fully saturated rings. The number of amides is 2. The molecule has 0 aromatic heterocycles. The molecule has 5 heteroatoms. The highest BCUT2D eigenvalue weighted by Crippen LogP contribution is 2.17. The third-order valence-corrected chi connectivity index (χ3v) is 3.55. The number of rotatable bonds is 6. The lowest BCUT2D eigenvalue weighted by molar-refractivity contribution is -0.141. The van der Waals surface area contributed by atoms with Gasteiger partial charge in [-0.1, -0.05) is 29.8 Å². The average molecular weight is 306 g/mol. The fourth-order valence-corrected chi connectivity index (χ4v) is 2.35.